The van der Waals surface area contributed by atoms with Gasteiger partial charge in [-0.25, -0.2) is 9.55 Å². The topological polar surface area (TPSA) is 16.8 Å². The number of pyridine rings is 2. The van der Waals surface area contributed by atoms with E-state index in [9.17, 15) is 4.39 Å². The zero-order valence-corrected chi connectivity index (χ0v) is 8.74. The van der Waals surface area contributed by atoms with Gasteiger partial charge in [0.15, 0.2) is 11.9 Å². The van der Waals surface area contributed by atoms with Crippen molar-refractivity contribution in [2.24, 2.45) is 7.05 Å². The van der Waals surface area contributed by atoms with E-state index < -0.39 is 5.95 Å². The Balaban J connectivity index is 2.45. The average Bonchev–Trinajstić information content (AvgIpc) is 2.23. The standard InChI is InChI=1S/C12H12FN2/c1-9-3-4-11(8-15(9)2)10-5-6-12(13)14-7-10/h3-8H,1-2H3/q+1. The lowest BCUT2D eigenvalue weighted by molar-refractivity contribution is -0.677. The van der Waals surface area contributed by atoms with Gasteiger partial charge in [0.05, 0.1) is 0 Å². The highest BCUT2D eigenvalue weighted by Crippen LogP contribution is 2.16. The Labute approximate surface area is 88.0 Å². The first-order valence-corrected chi connectivity index (χ1v) is 4.75. The summed E-state index contributed by atoms with van der Waals surface area (Å²) in [5.74, 6) is -0.449. The van der Waals surface area contributed by atoms with Crippen LogP contribution in [0.25, 0.3) is 11.1 Å². The van der Waals surface area contributed by atoms with Crippen LogP contribution in [0.2, 0.25) is 0 Å². The van der Waals surface area contributed by atoms with E-state index in [1.807, 2.05) is 36.9 Å². The van der Waals surface area contributed by atoms with Gasteiger partial charge in [0, 0.05) is 30.3 Å². The molecule has 15 heavy (non-hydrogen) atoms. The average molecular weight is 203 g/mol. The van der Waals surface area contributed by atoms with Crippen molar-refractivity contribution < 1.29 is 8.96 Å². The first kappa shape index (κ1) is 9.77. The van der Waals surface area contributed by atoms with Crippen LogP contribution < -0.4 is 4.57 Å². The van der Waals surface area contributed by atoms with Gasteiger partial charge in [-0.1, -0.05) is 0 Å². The Kier molecular flexibility index (Phi) is 2.46. The molecule has 0 aliphatic rings. The molecular weight excluding hydrogens is 191 g/mol. The summed E-state index contributed by atoms with van der Waals surface area (Å²) in [5.41, 5.74) is 3.14. The molecule has 0 aliphatic heterocycles. The van der Waals surface area contributed by atoms with Crippen molar-refractivity contribution in [1.82, 2.24) is 4.98 Å². The van der Waals surface area contributed by atoms with Crippen molar-refractivity contribution in [3.8, 4) is 11.1 Å². The second-order valence-corrected chi connectivity index (χ2v) is 3.54. The molecular formula is C12H12FN2+. The molecule has 0 saturated heterocycles. The van der Waals surface area contributed by atoms with E-state index in [4.69, 9.17) is 0 Å². The summed E-state index contributed by atoms with van der Waals surface area (Å²) in [6.45, 7) is 2.03. The van der Waals surface area contributed by atoms with Gasteiger partial charge < -0.3 is 0 Å². The summed E-state index contributed by atoms with van der Waals surface area (Å²) < 4.78 is 14.7. The van der Waals surface area contributed by atoms with Gasteiger partial charge in [-0.15, -0.1) is 0 Å². The van der Waals surface area contributed by atoms with Crippen LogP contribution >= 0.6 is 0 Å². The molecule has 2 rings (SSSR count). The minimum atomic E-state index is -0.449. The largest absolute Gasteiger partial charge is 0.228 e. The maximum absolute atomic E-state index is 12.6. The highest BCUT2D eigenvalue weighted by molar-refractivity contribution is 5.60. The van der Waals surface area contributed by atoms with E-state index in [-0.39, 0.29) is 0 Å². The van der Waals surface area contributed by atoms with Crippen LogP contribution in [-0.4, -0.2) is 4.98 Å². The third-order valence-electron chi connectivity index (χ3n) is 2.45. The number of hydrogen-bond acceptors (Lipinski definition) is 1. The zero-order valence-electron chi connectivity index (χ0n) is 8.74. The van der Waals surface area contributed by atoms with Crippen LogP contribution in [0.4, 0.5) is 4.39 Å². The van der Waals surface area contributed by atoms with Gasteiger partial charge in [0.25, 0.3) is 0 Å². The van der Waals surface area contributed by atoms with E-state index in [2.05, 4.69) is 4.98 Å². The number of rotatable bonds is 1. The zero-order chi connectivity index (χ0) is 10.8. The first-order chi connectivity index (χ1) is 7.16. The molecule has 0 aliphatic carbocycles. The van der Waals surface area contributed by atoms with Gasteiger partial charge in [-0.2, -0.15) is 4.39 Å². The molecule has 0 radical (unpaired) electrons. The summed E-state index contributed by atoms with van der Waals surface area (Å²) in [6.07, 6.45) is 3.55. The molecule has 0 saturated carbocycles. The highest BCUT2D eigenvalue weighted by atomic mass is 19.1. The number of nitrogens with zero attached hydrogens (tertiary/aromatic N) is 2. The van der Waals surface area contributed by atoms with Gasteiger partial charge >= 0.3 is 0 Å². The van der Waals surface area contributed by atoms with Gasteiger partial charge in [0.1, 0.15) is 7.05 Å². The lowest BCUT2D eigenvalue weighted by Gasteiger charge is -2.00. The molecule has 2 nitrogen and oxygen atoms in total. The maximum atomic E-state index is 12.6. The molecule has 0 bridgehead atoms. The van der Waals surface area contributed by atoms with Crippen LogP contribution in [0, 0.1) is 12.9 Å². The van der Waals surface area contributed by atoms with Crippen molar-refractivity contribution in [3.63, 3.8) is 0 Å². The fraction of sp³-hybridized carbons (Fsp3) is 0.167. The molecule has 0 amide bonds. The van der Waals surface area contributed by atoms with Crippen LogP contribution in [0.1, 0.15) is 5.69 Å². The monoisotopic (exact) mass is 203 g/mol. The molecule has 0 atom stereocenters. The van der Waals surface area contributed by atoms with Crippen LogP contribution in [0.5, 0.6) is 0 Å². The fourth-order valence-electron chi connectivity index (χ4n) is 1.40. The SMILES string of the molecule is Cc1ccc(-c2ccc(F)nc2)c[n+]1C. The molecule has 76 valence electrons. The van der Waals surface area contributed by atoms with Crippen LogP contribution in [0.15, 0.2) is 36.7 Å². The minimum Gasteiger partial charge on any atom is -0.228 e. The molecule has 2 aromatic rings. The molecule has 0 unspecified atom stereocenters. The number of aromatic nitrogens is 2. The Morgan fingerprint density at radius 3 is 2.47 bits per heavy atom. The van der Waals surface area contributed by atoms with Crippen molar-refractivity contribution in [2.75, 3.05) is 0 Å². The molecule has 0 aromatic carbocycles. The maximum Gasteiger partial charge on any atom is 0.212 e. The molecule has 3 heteroatoms. The second kappa shape index (κ2) is 3.77. The Morgan fingerprint density at radius 2 is 1.87 bits per heavy atom. The first-order valence-electron chi connectivity index (χ1n) is 4.75. The predicted molar refractivity (Wildman–Crippen MR) is 55.5 cm³/mol. The Morgan fingerprint density at radius 1 is 1.13 bits per heavy atom. The summed E-state index contributed by atoms with van der Waals surface area (Å²) in [7, 11) is 1.98. The molecule has 2 heterocycles. The van der Waals surface area contributed by atoms with Crippen molar-refractivity contribution in [1.29, 1.82) is 0 Å². The third kappa shape index (κ3) is 2.01. The van der Waals surface area contributed by atoms with Gasteiger partial charge in [0.2, 0.25) is 5.95 Å². The van der Waals surface area contributed by atoms with Crippen molar-refractivity contribution in [3.05, 3.63) is 48.3 Å². The lowest BCUT2D eigenvalue weighted by atomic mass is 10.1. The normalized spacial score (nSPS) is 10.3. The van der Waals surface area contributed by atoms with Crippen LogP contribution in [-0.2, 0) is 7.05 Å². The van der Waals surface area contributed by atoms with Crippen molar-refractivity contribution >= 4 is 0 Å². The Bertz CT molecular complexity index is 477. The quantitative estimate of drug-likeness (QED) is 0.512. The molecule has 0 fully saturated rings. The smallest absolute Gasteiger partial charge is 0.212 e. The van der Waals surface area contributed by atoms with E-state index in [0.29, 0.717) is 0 Å². The summed E-state index contributed by atoms with van der Waals surface area (Å²) in [5, 5.41) is 0. The number of aryl methyl sites for hydroxylation is 2. The number of hydrogen-bond donors (Lipinski definition) is 0. The molecule has 0 spiro atoms. The molecule has 2 aromatic heterocycles. The lowest BCUT2D eigenvalue weighted by Crippen LogP contribution is -2.31. The minimum absolute atomic E-state index is 0.449. The summed E-state index contributed by atoms with van der Waals surface area (Å²) >= 11 is 0. The summed E-state index contributed by atoms with van der Waals surface area (Å²) in [6, 6.07) is 7.13. The number of halogens is 1. The third-order valence-corrected chi connectivity index (χ3v) is 2.45. The fourth-order valence-corrected chi connectivity index (χ4v) is 1.40. The van der Waals surface area contributed by atoms with Crippen molar-refractivity contribution in [2.45, 2.75) is 6.92 Å². The molecule has 0 N–H and O–H groups in total. The summed E-state index contributed by atoms with van der Waals surface area (Å²) in [4.78, 5) is 3.63. The van der Waals surface area contributed by atoms with E-state index in [1.165, 1.54) is 11.8 Å². The second-order valence-electron chi connectivity index (χ2n) is 3.54. The van der Waals surface area contributed by atoms with E-state index in [0.717, 1.165) is 11.1 Å². The van der Waals surface area contributed by atoms with Gasteiger partial charge in [-0.05, 0) is 18.2 Å². The predicted octanol–water partition coefficient (Wildman–Crippen LogP) is 2.02. The van der Waals surface area contributed by atoms with Crippen LogP contribution in [0.3, 0.4) is 0 Å². The van der Waals surface area contributed by atoms with E-state index in [1.54, 1.807) is 12.3 Å². The Hall–Kier alpha value is -1.77. The van der Waals surface area contributed by atoms with Gasteiger partial charge in [-0.3, -0.25) is 0 Å². The highest BCUT2D eigenvalue weighted by Gasteiger charge is 2.05. The van der Waals surface area contributed by atoms with E-state index >= 15 is 0 Å².